The first-order valence-corrected chi connectivity index (χ1v) is 4.80. The Morgan fingerprint density at radius 3 is 2.80 bits per heavy atom. The van der Waals surface area contributed by atoms with E-state index in [2.05, 4.69) is 0 Å². The lowest BCUT2D eigenvalue weighted by Crippen LogP contribution is -1.96. The summed E-state index contributed by atoms with van der Waals surface area (Å²) in [6, 6.07) is 0. The molecule has 3 nitrogen and oxygen atoms in total. The molecule has 0 amide bonds. The fourth-order valence-corrected chi connectivity index (χ4v) is 0.951. The van der Waals surface area contributed by atoms with E-state index in [9.17, 15) is 4.57 Å². The fraction of sp³-hybridized carbons (Fsp3) is 1.00. The number of aliphatic hydroxyl groups excluding tert-OH is 1. The molecule has 0 heterocycles. The van der Waals surface area contributed by atoms with Crippen LogP contribution in [0.4, 0.5) is 0 Å². The Hall–Kier alpha value is 0.310. The Bertz CT molecular complexity index is 107. The average molecular weight is 186 g/mol. The summed E-state index contributed by atoms with van der Waals surface area (Å²) in [4.78, 5) is 0. The van der Waals surface area contributed by atoms with Crippen LogP contribution in [-0.2, 0) is 9.09 Å². The van der Waals surface area contributed by atoms with Gasteiger partial charge in [-0.05, 0) is 11.0 Å². The minimum atomic E-state index is -1.90. The zero-order chi connectivity index (χ0) is 7.98. The Balaban J connectivity index is 3.22. The second-order valence-electron chi connectivity index (χ2n) is 1.79. The molecule has 0 aromatic rings. The zero-order valence-corrected chi connectivity index (χ0v) is 7.44. The molecule has 0 aliphatic carbocycles. The summed E-state index contributed by atoms with van der Waals surface area (Å²) in [6.07, 6.45) is 0.662. The summed E-state index contributed by atoms with van der Waals surface area (Å²) in [6.45, 7) is 1.78. The summed E-state index contributed by atoms with van der Waals surface area (Å²) in [5.74, 6) is -0.395. The summed E-state index contributed by atoms with van der Waals surface area (Å²) in [7, 11) is -1.90. The first kappa shape index (κ1) is 10.3. The minimum Gasteiger partial charge on any atom is -0.349 e. The Morgan fingerprint density at radius 2 is 2.40 bits per heavy atom. The molecule has 0 aliphatic heterocycles. The minimum absolute atomic E-state index is 0.351. The molecule has 10 heavy (non-hydrogen) atoms. The van der Waals surface area contributed by atoms with Gasteiger partial charge in [-0.1, -0.05) is 0 Å². The SMILES string of the molecule is CC(O)[P+](=O)OCCCCl. The summed E-state index contributed by atoms with van der Waals surface area (Å²) < 4.78 is 15.4. The Kier molecular flexibility index (Phi) is 6.24. The molecule has 1 N–H and O–H groups in total. The summed E-state index contributed by atoms with van der Waals surface area (Å²) >= 11 is 5.33. The van der Waals surface area contributed by atoms with Crippen LogP contribution in [0.15, 0.2) is 0 Å². The van der Waals surface area contributed by atoms with Crippen LogP contribution < -0.4 is 0 Å². The number of alkyl halides is 1. The number of rotatable bonds is 5. The van der Waals surface area contributed by atoms with Gasteiger partial charge >= 0.3 is 8.03 Å². The van der Waals surface area contributed by atoms with Gasteiger partial charge in [0, 0.05) is 12.8 Å². The predicted molar refractivity (Wildman–Crippen MR) is 40.6 cm³/mol. The highest BCUT2D eigenvalue weighted by Gasteiger charge is 2.24. The topological polar surface area (TPSA) is 46.5 Å². The van der Waals surface area contributed by atoms with Gasteiger partial charge in [-0.25, -0.2) is 0 Å². The normalized spacial score (nSPS) is 14.9. The largest absolute Gasteiger partial charge is 0.539 e. The Morgan fingerprint density at radius 1 is 1.80 bits per heavy atom. The van der Waals surface area contributed by atoms with Crippen molar-refractivity contribution in [2.75, 3.05) is 12.5 Å². The molecule has 0 saturated carbocycles. The van der Waals surface area contributed by atoms with Crippen molar-refractivity contribution >= 4 is 19.6 Å². The third-order valence-corrected chi connectivity index (χ3v) is 2.12. The monoisotopic (exact) mass is 185 g/mol. The van der Waals surface area contributed by atoms with Crippen LogP contribution in [-0.4, -0.2) is 23.4 Å². The third kappa shape index (κ3) is 5.12. The van der Waals surface area contributed by atoms with Crippen molar-refractivity contribution in [3.63, 3.8) is 0 Å². The number of hydrogen-bond donors (Lipinski definition) is 1. The van der Waals surface area contributed by atoms with Gasteiger partial charge in [0.15, 0.2) is 0 Å². The molecule has 60 valence electrons. The second-order valence-corrected chi connectivity index (χ2v) is 3.75. The Labute approximate surface area is 66.2 Å². The molecular formula is C5H11ClO3P+. The first-order valence-electron chi connectivity index (χ1n) is 3.01. The van der Waals surface area contributed by atoms with E-state index in [0.717, 1.165) is 0 Å². The van der Waals surface area contributed by atoms with Crippen LogP contribution in [0, 0.1) is 0 Å². The lowest BCUT2D eigenvalue weighted by atomic mass is 10.5. The fourth-order valence-electron chi connectivity index (χ4n) is 0.317. The highest BCUT2D eigenvalue weighted by Crippen LogP contribution is 2.26. The van der Waals surface area contributed by atoms with E-state index in [0.29, 0.717) is 18.9 Å². The zero-order valence-electron chi connectivity index (χ0n) is 5.79. The van der Waals surface area contributed by atoms with E-state index in [1.54, 1.807) is 0 Å². The average Bonchev–Trinajstić information content (AvgIpc) is 1.88. The lowest BCUT2D eigenvalue weighted by Gasteiger charge is -1.89. The van der Waals surface area contributed by atoms with E-state index in [-0.39, 0.29) is 0 Å². The van der Waals surface area contributed by atoms with Gasteiger partial charge in [0.1, 0.15) is 6.61 Å². The molecule has 2 unspecified atom stereocenters. The first-order chi connectivity index (χ1) is 4.68. The van der Waals surface area contributed by atoms with Gasteiger partial charge in [-0.3, -0.25) is 0 Å². The highest BCUT2D eigenvalue weighted by atomic mass is 35.5. The molecule has 0 spiro atoms. The maximum atomic E-state index is 10.7. The van der Waals surface area contributed by atoms with Crippen molar-refractivity contribution in [1.82, 2.24) is 0 Å². The molecule has 0 radical (unpaired) electrons. The molecule has 5 heteroatoms. The molecule has 0 saturated heterocycles. The van der Waals surface area contributed by atoms with Gasteiger partial charge in [0.25, 0.3) is 5.85 Å². The van der Waals surface area contributed by atoms with Crippen LogP contribution in [0.3, 0.4) is 0 Å². The van der Waals surface area contributed by atoms with Crippen molar-refractivity contribution in [1.29, 1.82) is 0 Å². The summed E-state index contributed by atoms with van der Waals surface area (Å²) in [5, 5.41) is 8.68. The van der Waals surface area contributed by atoms with Gasteiger partial charge in [0.2, 0.25) is 0 Å². The number of hydrogen-bond acceptors (Lipinski definition) is 3. The highest BCUT2D eigenvalue weighted by molar-refractivity contribution is 7.39. The van der Waals surface area contributed by atoms with E-state index in [1.807, 2.05) is 0 Å². The van der Waals surface area contributed by atoms with Gasteiger partial charge in [-0.2, -0.15) is 0 Å². The number of aliphatic hydroxyl groups is 1. The van der Waals surface area contributed by atoms with Crippen molar-refractivity contribution in [2.24, 2.45) is 0 Å². The predicted octanol–water partition coefficient (Wildman–Crippen LogP) is 1.71. The van der Waals surface area contributed by atoms with E-state index in [4.69, 9.17) is 21.2 Å². The molecule has 0 fully saturated rings. The van der Waals surface area contributed by atoms with Crippen molar-refractivity contribution in [3.05, 3.63) is 0 Å². The lowest BCUT2D eigenvalue weighted by molar-refractivity contribution is 0.232. The van der Waals surface area contributed by atoms with Crippen LogP contribution in [0.5, 0.6) is 0 Å². The summed E-state index contributed by atoms with van der Waals surface area (Å²) in [5.41, 5.74) is 0. The van der Waals surface area contributed by atoms with Crippen LogP contribution in [0.2, 0.25) is 0 Å². The van der Waals surface area contributed by atoms with Crippen molar-refractivity contribution < 1.29 is 14.2 Å². The second kappa shape index (κ2) is 6.05. The van der Waals surface area contributed by atoms with Crippen molar-refractivity contribution in [2.45, 2.75) is 19.2 Å². The number of halogens is 1. The molecule has 0 aromatic heterocycles. The third-order valence-electron chi connectivity index (χ3n) is 0.802. The van der Waals surface area contributed by atoms with Gasteiger partial charge < -0.3 is 5.11 Å². The van der Waals surface area contributed by atoms with Crippen LogP contribution >= 0.6 is 19.6 Å². The molecule has 0 aliphatic rings. The standard InChI is InChI=1S/C5H11ClO3P/c1-5(7)10(8)9-4-2-3-6/h5,7H,2-4H2,1H3/q+1. The molecule has 2 atom stereocenters. The van der Waals surface area contributed by atoms with E-state index < -0.39 is 13.9 Å². The van der Waals surface area contributed by atoms with E-state index >= 15 is 0 Å². The van der Waals surface area contributed by atoms with Crippen molar-refractivity contribution in [3.8, 4) is 0 Å². The van der Waals surface area contributed by atoms with E-state index in [1.165, 1.54) is 6.92 Å². The smallest absolute Gasteiger partial charge is 0.349 e. The molecule has 0 aromatic carbocycles. The maximum Gasteiger partial charge on any atom is 0.539 e. The quantitative estimate of drug-likeness (QED) is 0.403. The molecular weight excluding hydrogens is 174 g/mol. The van der Waals surface area contributed by atoms with Crippen LogP contribution in [0.25, 0.3) is 0 Å². The van der Waals surface area contributed by atoms with Gasteiger partial charge in [-0.15, -0.1) is 16.1 Å². The molecule has 0 rings (SSSR count). The molecule has 0 bridgehead atoms. The van der Waals surface area contributed by atoms with Gasteiger partial charge in [0.05, 0.1) is 0 Å². The van der Waals surface area contributed by atoms with Crippen LogP contribution in [0.1, 0.15) is 13.3 Å². The maximum absolute atomic E-state index is 10.7.